The Hall–Kier alpha value is -2.62. The number of aromatic nitrogens is 2. The standard InChI is InChI=1S/C18H14ClN3O4S2/c1-21(11-3-5-12(26-2)6-4-11)28(24,25)16-9-13-15(10-14(16)19)22-7-8-27-18(22)20-17(13)23/h3-10H,1-2H3. The van der Waals surface area contributed by atoms with Crippen LogP contribution < -0.4 is 14.6 Å². The van der Waals surface area contributed by atoms with E-state index in [2.05, 4.69) is 4.98 Å². The first-order chi connectivity index (χ1) is 13.3. The predicted molar refractivity (Wildman–Crippen MR) is 110 cm³/mol. The minimum absolute atomic E-state index is 0.0264. The molecule has 0 saturated carbocycles. The van der Waals surface area contributed by atoms with Gasteiger partial charge in [0.25, 0.3) is 15.6 Å². The van der Waals surface area contributed by atoms with Crippen LogP contribution in [0.4, 0.5) is 5.69 Å². The van der Waals surface area contributed by atoms with Gasteiger partial charge in [-0.3, -0.25) is 13.5 Å². The summed E-state index contributed by atoms with van der Waals surface area (Å²) in [5.41, 5.74) is 0.435. The molecule has 10 heteroatoms. The van der Waals surface area contributed by atoms with Crippen LogP contribution in [0.15, 0.2) is 57.7 Å². The molecule has 144 valence electrons. The van der Waals surface area contributed by atoms with E-state index in [0.29, 0.717) is 21.9 Å². The zero-order chi connectivity index (χ0) is 20.1. The van der Waals surface area contributed by atoms with Crippen molar-refractivity contribution in [2.24, 2.45) is 0 Å². The molecule has 0 spiro atoms. The summed E-state index contributed by atoms with van der Waals surface area (Å²) in [6.07, 6.45) is 1.75. The van der Waals surface area contributed by atoms with Crippen molar-refractivity contribution in [3.05, 3.63) is 63.4 Å². The normalized spacial score (nSPS) is 11.8. The first-order valence-electron chi connectivity index (χ1n) is 8.05. The van der Waals surface area contributed by atoms with Crippen LogP contribution in [0, 0.1) is 0 Å². The highest BCUT2D eigenvalue weighted by molar-refractivity contribution is 7.93. The summed E-state index contributed by atoms with van der Waals surface area (Å²) in [6.45, 7) is 0. The van der Waals surface area contributed by atoms with E-state index in [1.54, 1.807) is 40.2 Å². The summed E-state index contributed by atoms with van der Waals surface area (Å²) < 4.78 is 34.2. The molecule has 0 saturated heterocycles. The second kappa shape index (κ2) is 6.77. The molecule has 28 heavy (non-hydrogen) atoms. The number of benzene rings is 2. The van der Waals surface area contributed by atoms with Crippen molar-refractivity contribution in [2.75, 3.05) is 18.5 Å². The van der Waals surface area contributed by atoms with Gasteiger partial charge < -0.3 is 4.74 Å². The van der Waals surface area contributed by atoms with Crippen LogP contribution >= 0.6 is 22.9 Å². The number of rotatable bonds is 4. The zero-order valence-corrected chi connectivity index (χ0v) is 17.2. The fourth-order valence-corrected chi connectivity index (χ4v) is 5.30. The number of thiazole rings is 1. The van der Waals surface area contributed by atoms with Crippen molar-refractivity contribution in [1.82, 2.24) is 9.38 Å². The maximum Gasteiger partial charge on any atom is 0.281 e. The van der Waals surface area contributed by atoms with Gasteiger partial charge in [0, 0.05) is 18.6 Å². The van der Waals surface area contributed by atoms with Gasteiger partial charge in [0.15, 0.2) is 4.96 Å². The van der Waals surface area contributed by atoms with Gasteiger partial charge in [0.2, 0.25) is 0 Å². The van der Waals surface area contributed by atoms with Crippen molar-refractivity contribution < 1.29 is 13.2 Å². The van der Waals surface area contributed by atoms with Crippen LogP contribution in [0.1, 0.15) is 0 Å². The fraction of sp³-hybridized carbons (Fsp3) is 0.111. The zero-order valence-electron chi connectivity index (χ0n) is 14.8. The highest BCUT2D eigenvalue weighted by Crippen LogP contribution is 2.31. The minimum atomic E-state index is -4.00. The summed E-state index contributed by atoms with van der Waals surface area (Å²) in [4.78, 5) is 16.8. The van der Waals surface area contributed by atoms with Crippen LogP contribution in [0.2, 0.25) is 5.02 Å². The topological polar surface area (TPSA) is 81.0 Å². The van der Waals surface area contributed by atoms with Gasteiger partial charge in [-0.05, 0) is 36.4 Å². The summed E-state index contributed by atoms with van der Waals surface area (Å²) in [6, 6.07) is 9.33. The summed E-state index contributed by atoms with van der Waals surface area (Å²) in [5.74, 6) is 0.608. The molecule has 2 aromatic heterocycles. The number of fused-ring (bicyclic) bond motifs is 3. The van der Waals surface area contributed by atoms with Crippen LogP contribution in [0.25, 0.3) is 15.9 Å². The minimum Gasteiger partial charge on any atom is -0.497 e. The van der Waals surface area contributed by atoms with E-state index >= 15 is 0 Å². The molecule has 7 nitrogen and oxygen atoms in total. The molecule has 0 unspecified atom stereocenters. The van der Waals surface area contributed by atoms with Crippen LogP contribution in [0.5, 0.6) is 5.75 Å². The van der Waals surface area contributed by atoms with Gasteiger partial charge in [0.05, 0.1) is 28.7 Å². The Bertz CT molecular complexity index is 1360. The van der Waals surface area contributed by atoms with Gasteiger partial charge in [0.1, 0.15) is 10.6 Å². The highest BCUT2D eigenvalue weighted by Gasteiger charge is 2.26. The Kier molecular flexibility index (Phi) is 4.53. The molecule has 0 amide bonds. The van der Waals surface area contributed by atoms with E-state index in [0.717, 1.165) is 4.31 Å². The van der Waals surface area contributed by atoms with Gasteiger partial charge in [-0.15, -0.1) is 11.3 Å². The highest BCUT2D eigenvalue weighted by atomic mass is 35.5. The van der Waals surface area contributed by atoms with Gasteiger partial charge in [-0.25, -0.2) is 8.42 Å². The number of hydrogen-bond donors (Lipinski definition) is 0. The molecule has 0 aliphatic heterocycles. The number of halogens is 1. The Morgan fingerprint density at radius 3 is 2.61 bits per heavy atom. The van der Waals surface area contributed by atoms with Gasteiger partial charge in [-0.1, -0.05) is 11.6 Å². The molecule has 4 rings (SSSR count). The third-order valence-corrected chi connectivity index (χ3v) is 7.41. The Balaban J connectivity index is 1.89. The molecule has 0 radical (unpaired) electrons. The van der Waals surface area contributed by atoms with E-state index in [-0.39, 0.29) is 15.3 Å². The SMILES string of the molecule is COc1ccc(N(C)S(=O)(=O)c2cc3c(=O)nc4sccn4c3cc2Cl)cc1. The molecule has 0 atom stereocenters. The molecule has 4 aromatic rings. The van der Waals surface area contributed by atoms with E-state index < -0.39 is 15.6 Å². The number of hydrogen-bond acceptors (Lipinski definition) is 6. The number of methoxy groups -OCH3 is 1. The maximum absolute atomic E-state index is 13.2. The first kappa shape index (κ1) is 18.7. The smallest absolute Gasteiger partial charge is 0.281 e. The lowest BCUT2D eigenvalue weighted by atomic mass is 10.2. The third kappa shape index (κ3) is 2.92. The van der Waals surface area contributed by atoms with Gasteiger partial charge >= 0.3 is 0 Å². The van der Waals surface area contributed by atoms with Crippen molar-refractivity contribution in [1.29, 1.82) is 0 Å². The van der Waals surface area contributed by atoms with Crippen LogP contribution in [-0.4, -0.2) is 32.0 Å². The lowest BCUT2D eigenvalue weighted by molar-refractivity contribution is 0.415. The van der Waals surface area contributed by atoms with E-state index in [4.69, 9.17) is 16.3 Å². The molecular weight excluding hydrogens is 422 g/mol. The number of anilines is 1. The quantitative estimate of drug-likeness (QED) is 0.490. The summed E-state index contributed by atoms with van der Waals surface area (Å²) in [7, 11) is -1.05. The van der Waals surface area contributed by atoms with E-state index in [1.807, 2.05) is 0 Å². The van der Waals surface area contributed by atoms with Crippen molar-refractivity contribution in [3.8, 4) is 5.75 Å². The molecule has 0 bridgehead atoms. The van der Waals surface area contributed by atoms with E-state index in [9.17, 15) is 13.2 Å². The second-order valence-electron chi connectivity index (χ2n) is 5.94. The third-order valence-electron chi connectivity index (χ3n) is 4.40. The monoisotopic (exact) mass is 435 g/mol. The Morgan fingerprint density at radius 1 is 1.21 bits per heavy atom. The average Bonchev–Trinajstić information content (AvgIpc) is 3.15. The average molecular weight is 436 g/mol. The molecule has 0 aliphatic rings. The number of sulfonamides is 1. The molecule has 2 aromatic carbocycles. The largest absolute Gasteiger partial charge is 0.497 e. The number of nitrogens with zero attached hydrogens (tertiary/aromatic N) is 3. The van der Waals surface area contributed by atoms with Crippen molar-refractivity contribution in [3.63, 3.8) is 0 Å². The van der Waals surface area contributed by atoms with Crippen molar-refractivity contribution in [2.45, 2.75) is 4.90 Å². The Morgan fingerprint density at radius 2 is 1.93 bits per heavy atom. The number of ether oxygens (including phenoxy) is 1. The lowest BCUT2D eigenvalue weighted by Gasteiger charge is -2.20. The lowest BCUT2D eigenvalue weighted by Crippen LogP contribution is -2.27. The fourth-order valence-electron chi connectivity index (χ4n) is 2.87. The molecule has 2 heterocycles. The van der Waals surface area contributed by atoms with Gasteiger partial charge in [-0.2, -0.15) is 4.98 Å². The van der Waals surface area contributed by atoms with Crippen molar-refractivity contribution >= 4 is 54.5 Å². The van der Waals surface area contributed by atoms with Crippen LogP contribution in [-0.2, 0) is 10.0 Å². The maximum atomic E-state index is 13.2. The molecule has 0 fully saturated rings. The predicted octanol–water partition coefficient (Wildman–Crippen LogP) is 3.40. The van der Waals surface area contributed by atoms with Crippen LogP contribution in [0.3, 0.4) is 0 Å². The Labute approximate surface area is 169 Å². The summed E-state index contributed by atoms with van der Waals surface area (Å²) >= 11 is 7.64. The molecular formula is C18H14ClN3O4S2. The van der Waals surface area contributed by atoms with E-state index in [1.165, 1.54) is 37.6 Å². The molecule has 0 aliphatic carbocycles. The first-order valence-corrected chi connectivity index (χ1v) is 10.7. The second-order valence-corrected chi connectivity index (χ2v) is 9.16. The molecule has 0 N–H and O–H groups in total. The summed E-state index contributed by atoms with van der Waals surface area (Å²) in [5, 5.41) is 2.00.